The van der Waals surface area contributed by atoms with Crippen molar-refractivity contribution in [3.8, 4) is 0 Å². The second-order valence-corrected chi connectivity index (χ2v) is 6.13. The van der Waals surface area contributed by atoms with Gasteiger partial charge in [0.05, 0.1) is 6.54 Å². The molecule has 0 aromatic heterocycles. The van der Waals surface area contributed by atoms with Crippen LogP contribution in [0.4, 0.5) is 5.69 Å². The second kappa shape index (κ2) is 6.58. The number of piperidine rings is 1. The number of fused-ring (bicyclic) bond motifs is 1. The molecule has 1 amide bonds. The Morgan fingerprint density at radius 1 is 1.33 bits per heavy atom. The van der Waals surface area contributed by atoms with Gasteiger partial charge in [-0.3, -0.25) is 9.69 Å². The number of para-hydroxylation sites is 1. The van der Waals surface area contributed by atoms with Crippen molar-refractivity contribution in [3.63, 3.8) is 0 Å². The first-order valence-electron chi connectivity index (χ1n) is 8.09. The van der Waals surface area contributed by atoms with E-state index in [0.717, 1.165) is 37.8 Å². The van der Waals surface area contributed by atoms with E-state index in [2.05, 4.69) is 10.2 Å². The fourth-order valence-corrected chi connectivity index (χ4v) is 3.65. The maximum Gasteiger partial charge on any atom is 0.241 e. The molecule has 0 radical (unpaired) electrons. The highest BCUT2D eigenvalue weighted by Crippen LogP contribution is 2.25. The van der Waals surface area contributed by atoms with E-state index in [1.165, 1.54) is 12.8 Å². The first-order chi connectivity index (χ1) is 10.3. The van der Waals surface area contributed by atoms with E-state index in [1.54, 1.807) is 0 Å². The van der Waals surface area contributed by atoms with Crippen molar-refractivity contribution in [2.24, 2.45) is 5.92 Å². The zero-order valence-corrected chi connectivity index (χ0v) is 12.8. The molecular weight excluding hydrogens is 262 g/mol. The first-order valence-corrected chi connectivity index (χ1v) is 8.09. The molecule has 0 unspecified atom stereocenters. The summed E-state index contributed by atoms with van der Waals surface area (Å²) in [6.45, 7) is 6.52. The molecule has 2 aliphatic rings. The number of anilines is 1. The molecule has 0 aliphatic carbocycles. The number of carbonyl (C=O) groups excluding carboxylic acids is 1. The van der Waals surface area contributed by atoms with Crippen LogP contribution in [0.15, 0.2) is 30.3 Å². The van der Waals surface area contributed by atoms with Crippen LogP contribution in [0.25, 0.3) is 0 Å². The average Bonchev–Trinajstić information content (AvgIpc) is 2.91. The summed E-state index contributed by atoms with van der Waals surface area (Å²) in [4.78, 5) is 16.8. The zero-order valence-electron chi connectivity index (χ0n) is 12.8. The summed E-state index contributed by atoms with van der Waals surface area (Å²) in [6, 6.07) is 10.6. The molecule has 2 heterocycles. The fourth-order valence-electron chi connectivity index (χ4n) is 3.65. The van der Waals surface area contributed by atoms with E-state index in [4.69, 9.17) is 0 Å². The van der Waals surface area contributed by atoms with Gasteiger partial charge in [-0.15, -0.1) is 0 Å². The minimum Gasteiger partial charge on any atom is -0.312 e. The van der Waals surface area contributed by atoms with Gasteiger partial charge in [0, 0.05) is 31.4 Å². The van der Waals surface area contributed by atoms with Crippen molar-refractivity contribution in [1.29, 1.82) is 0 Å². The van der Waals surface area contributed by atoms with Gasteiger partial charge in [-0.1, -0.05) is 18.2 Å². The summed E-state index contributed by atoms with van der Waals surface area (Å²) in [6.07, 6.45) is 2.58. The molecule has 1 aromatic rings. The maximum absolute atomic E-state index is 12.6. The molecule has 0 bridgehead atoms. The van der Waals surface area contributed by atoms with Gasteiger partial charge in [0.2, 0.25) is 5.91 Å². The Balaban J connectivity index is 1.60. The smallest absolute Gasteiger partial charge is 0.241 e. The Morgan fingerprint density at radius 2 is 2.14 bits per heavy atom. The van der Waals surface area contributed by atoms with Crippen LogP contribution in [-0.2, 0) is 4.79 Å². The lowest BCUT2D eigenvalue weighted by Gasteiger charge is -2.25. The first kappa shape index (κ1) is 14.5. The number of hydrogen-bond acceptors (Lipinski definition) is 3. The van der Waals surface area contributed by atoms with Crippen molar-refractivity contribution in [2.45, 2.75) is 25.8 Å². The molecule has 2 saturated heterocycles. The summed E-state index contributed by atoms with van der Waals surface area (Å²) in [5.41, 5.74) is 1.000. The van der Waals surface area contributed by atoms with Crippen LogP contribution in [-0.4, -0.2) is 49.6 Å². The molecule has 0 saturated carbocycles. The van der Waals surface area contributed by atoms with Crippen LogP contribution >= 0.6 is 0 Å². The molecule has 3 rings (SSSR count). The van der Waals surface area contributed by atoms with E-state index in [9.17, 15) is 4.79 Å². The van der Waals surface area contributed by atoms with E-state index in [0.29, 0.717) is 12.6 Å². The molecule has 4 nitrogen and oxygen atoms in total. The maximum atomic E-state index is 12.6. The van der Waals surface area contributed by atoms with E-state index in [-0.39, 0.29) is 5.91 Å². The molecule has 1 aromatic carbocycles. The molecule has 2 atom stereocenters. The van der Waals surface area contributed by atoms with Gasteiger partial charge in [-0.2, -0.15) is 0 Å². The van der Waals surface area contributed by atoms with Crippen molar-refractivity contribution >= 4 is 11.6 Å². The summed E-state index contributed by atoms with van der Waals surface area (Å²) in [7, 11) is 0. The largest absolute Gasteiger partial charge is 0.312 e. The number of carbonyl (C=O) groups is 1. The number of likely N-dealkylation sites (N-methyl/N-ethyl adjacent to an activating group) is 1. The lowest BCUT2D eigenvalue weighted by Crippen LogP contribution is -2.42. The van der Waals surface area contributed by atoms with Gasteiger partial charge < -0.3 is 10.2 Å². The number of amides is 1. The van der Waals surface area contributed by atoms with Crippen LogP contribution in [0.1, 0.15) is 19.8 Å². The van der Waals surface area contributed by atoms with Crippen molar-refractivity contribution < 1.29 is 4.79 Å². The SMILES string of the molecule is CCN(C(=O)CN1C[C@@H]2CCCN[C@@H]2C1)c1ccccc1. The third kappa shape index (κ3) is 3.27. The highest BCUT2D eigenvalue weighted by atomic mass is 16.2. The quantitative estimate of drug-likeness (QED) is 0.916. The van der Waals surface area contributed by atoms with Crippen LogP contribution in [0.5, 0.6) is 0 Å². The summed E-state index contributed by atoms with van der Waals surface area (Å²) in [5.74, 6) is 0.945. The van der Waals surface area contributed by atoms with Crippen LogP contribution in [0, 0.1) is 5.92 Å². The minimum atomic E-state index is 0.211. The van der Waals surface area contributed by atoms with Gasteiger partial charge in [-0.05, 0) is 44.4 Å². The van der Waals surface area contributed by atoms with Crippen LogP contribution in [0.3, 0.4) is 0 Å². The normalized spacial score (nSPS) is 25.6. The molecule has 2 fully saturated rings. The molecule has 0 spiro atoms. The monoisotopic (exact) mass is 287 g/mol. The average molecular weight is 287 g/mol. The third-order valence-electron chi connectivity index (χ3n) is 4.72. The molecule has 1 N–H and O–H groups in total. The highest BCUT2D eigenvalue weighted by molar-refractivity contribution is 5.94. The third-order valence-corrected chi connectivity index (χ3v) is 4.72. The van der Waals surface area contributed by atoms with Gasteiger partial charge in [0.15, 0.2) is 0 Å². The van der Waals surface area contributed by atoms with E-state index >= 15 is 0 Å². The summed E-state index contributed by atoms with van der Waals surface area (Å²) < 4.78 is 0. The molecule has 2 aliphatic heterocycles. The summed E-state index contributed by atoms with van der Waals surface area (Å²) in [5, 5.41) is 3.59. The Bertz CT molecular complexity index is 462. The van der Waals surface area contributed by atoms with Crippen LogP contribution in [0.2, 0.25) is 0 Å². The zero-order chi connectivity index (χ0) is 14.7. The number of benzene rings is 1. The van der Waals surface area contributed by atoms with E-state index < -0.39 is 0 Å². The summed E-state index contributed by atoms with van der Waals surface area (Å²) >= 11 is 0. The Hall–Kier alpha value is -1.39. The topological polar surface area (TPSA) is 35.6 Å². The molecule has 4 heteroatoms. The lowest BCUT2D eigenvalue weighted by molar-refractivity contribution is -0.119. The Morgan fingerprint density at radius 3 is 2.86 bits per heavy atom. The second-order valence-electron chi connectivity index (χ2n) is 6.13. The molecule has 21 heavy (non-hydrogen) atoms. The predicted octanol–water partition coefficient (Wildman–Crippen LogP) is 1.72. The van der Waals surface area contributed by atoms with Gasteiger partial charge >= 0.3 is 0 Å². The number of rotatable bonds is 4. The minimum absolute atomic E-state index is 0.211. The molecular formula is C17H25N3O. The number of likely N-dealkylation sites (tertiary alicyclic amines) is 1. The van der Waals surface area contributed by atoms with Crippen molar-refractivity contribution in [3.05, 3.63) is 30.3 Å². The number of nitrogens with one attached hydrogen (secondary N) is 1. The predicted molar refractivity (Wildman–Crippen MR) is 85.4 cm³/mol. The standard InChI is InChI=1S/C17H25N3O/c1-2-20(15-8-4-3-5-9-15)17(21)13-19-11-14-7-6-10-18-16(14)12-19/h3-5,8-9,14,16,18H,2,6-7,10-13H2,1H3/t14-,16+/m0/s1. The number of nitrogens with zero attached hydrogens (tertiary/aromatic N) is 2. The van der Waals surface area contributed by atoms with Crippen LogP contribution < -0.4 is 10.2 Å². The molecule has 114 valence electrons. The fraction of sp³-hybridized carbons (Fsp3) is 0.588. The lowest BCUT2D eigenvalue weighted by atomic mass is 9.94. The number of hydrogen-bond donors (Lipinski definition) is 1. The van der Waals surface area contributed by atoms with E-state index in [1.807, 2.05) is 42.2 Å². The van der Waals surface area contributed by atoms with Crippen molar-refractivity contribution in [2.75, 3.05) is 37.6 Å². The van der Waals surface area contributed by atoms with Gasteiger partial charge in [0.1, 0.15) is 0 Å². The van der Waals surface area contributed by atoms with Gasteiger partial charge in [-0.25, -0.2) is 0 Å². The highest BCUT2D eigenvalue weighted by Gasteiger charge is 2.35. The Kier molecular flexibility index (Phi) is 4.56. The van der Waals surface area contributed by atoms with Crippen molar-refractivity contribution in [1.82, 2.24) is 10.2 Å². The Labute approximate surface area is 127 Å². The van der Waals surface area contributed by atoms with Gasteiger partial charge in [0.25, 0.3) is 0 Å².